The van der Waals surface area contributed by atoms with Gasteiger partial charge in [-0.05, 0) is 55.7 Å². The van der Waals surface area contributed by atoms with Gasteiger partial charge in [-0.1, -0.05) is 71.6 Å². The van der Waals surface area contributed by atoms with Crippen LogP contribution in [0.4, 0.5) is 0 Å². The molecule has 1 fully saturated rings. The van der Waals surface area contributed by atoms with Crippen LogP contribution in [0.1, 0.15) is 84.6 Å². The number of hydrogen-bond donors (Lipinski definition) is 0. The van der Waals surface area contributed by atoms with Crippen molar-refractivity contribution in [3.05, 3.63) is 40.8 Å². The number of hydrogen-bond acceptors (Lipinski definition) is 7. The number of allylic oxidation sites excluding steroid dienone is 1. The molecule has 0 N–H and O–H groups in total. The minimum atomic E-state index is -0.218. The van der Waals surface area contributed by atoms with Crippen LogP contribution in [0.2, 0.25) is 0 Å². The average Bonchev–Trinajstić information content (AvgIpc) is 3.45. The average molecular weight is 593 g/mol. The predicted molar refractivity (Wildman–Crippen MR) is 169 cm³/mol. The molecule has 0 radical (unpaired) electrons. The van der Waals surface area contributed by atoms with Crippen molar-refractivity contribution in [3.63, 3.8) is 0 Å². The predicted octanol–water partition coefficient (Wildman–Crippen LogP) is 7.62. The van der Waals surface area contributed by atoms with Gasteiger partial charge in [0.25, 0.3) is 0 Å². The third kappa shape index (κ3) is 11.2. The Bertz CT molecular complexity index is 846. The highest BCUT2D eigenvalue weighted by Gasteiger charge is 2.50. The normalized spacial score (nSPS) is 26.3. The maximum Gasteiger partial charge on any atom is 0.118 e. The van der Waals surface area contributed by atoms with Crippen molar-refractivity contribution in [1.82, 2.24) is 0 Å². The van der Waals surface area contributed by atoms with Crippen molar-refractivity contribution in [2.24, 2.45) is 5.92 Å². The molecular formula is C34H56O6S. The third-order valence-electron chi connectivity index (χ3n) is 7.78. The summed E-state index contributed by atoms with van der Waals surface area (Å²) in [6.45, 7) is 12.1. The summed E-state index contributed by atoms with van der Waals surface area (Å²) in [5.41, 5.74) is 1.32. The molecule has 41 heavy (non-hydrogen) atoms. The molecule has 2 aliphatic rings. The first-order valence-electron chi connectivity index (χ1n) is 16.2. The maximum absolute atomic E-state index is 6.94. The van der Waals surface area contributed by atoms with Crippen LogP contribution in [0, 0.1) is 5.92 Å². The molecule has 0 aliphatic carbocycles. The number of methoxy groups -OCH3 is 1. The van der Waals surface area contributed by atoms with Crippen molar-refractivity contribution >= 4 is 11.8 Å². The second kappa shape index (κ2) is 20.0. The van der Waals surface area contributed by atoms with E-state index in [-0.39, 0.29) is 30.5 Å². The first-order chi connectivity index (χ1) is 20.1. The zero-order valence-electron chi connectivity index (χ0n) is 26.3. The monoisotopic (exact) mass is 592 g/mol. The minimum absolute atomic E-state index is 0.185. The molecule has 7 heteroatoms. The molecule has 0 spiro atoms. The van der Waals surface area contributed by atoms with E-state index in [1.165, 1.54) is 10.5 Å². The zero-order valence-corrected chi connectivity index (χ0v) is 27.1. The van der Waals surface area contributed by atoms with Gasteiger partial charge in [0.05, 0.1) is 13.7 Å². The number of rotatable bonds is 21. The van der Waals surface area contributed by atoms with E-state index in [9.17, 15) is 0 Å². The molecule has 6 atom stereocenters. The Hall–Kier alpha value is -1.09. The molecule has 0 bridgehead atoms. The van der Waals surface area contributed by atoms with Gasteiger partial charge in [-0.3, -0.25) is 0 Å². The summed E-state index contributed by atoms with van der Waals surface area (Å²) < 4.78 is 38.3. The summed E-state index contributed by atoms with van der Waals surface area (Å²) in [4.78, 5) is 1.26. The molecule has 0 saturated carbocycles. The lowest BCUT2D eigenvalue weighted by atomic mass is 9.92. The number of benzene rings is 1. The molecule has 2 aliphatic heterocycles. The smallest absolute Gasteiger partial charge is 0.118 e. The van der Waals surface area contributed by atoms with E-state index in [1.807, 2.05) is 23.9 Å². The highest BCUT2D eigenvalue weighted by atomic mass is 32.2. The molecular weight excluding hydrogens is 536 g/mol. The van der Waals surface area contributed by atoms with Crippen molar-refractivity contribution in [2.75, 3.05) is 45.9 Å². The lowest BCUT2D eigenvalue weighted by Crippen LogP contribution is -2.61. The Morgan fingerprint density at radius 3 is 1.95 bits per heavy atom. The van der Waals surface area contributed by atoms with Crippen LogP contribution >= 0.6 is 11.8 Å². The number of ether oxygens (including phenoxy) is 6. The highest BCUT2D eigenvalue weighted by molar-refractivity contribution is 8.03. The van der Waals surface area contributed by atoms with Crippen LogP contribution in [0.25, 0.3) is 0 Å². The van der Waals surface area contributed by atoms with E-state index in [2.05, 4.69) is 45.9 Å². The second-order valence-corrected chi connectivity index (χ2v) is 12.4. The Morgan fingerprint density at radius 2 is 1.34 bits per heavy atom. The van der Waals surface area contributed by atoms with Gasteiger partial charge in [0.2, 0.25) is 0 Å². The molecule has 6 nitrogen and oxygen atoms in total. The van der Waals surface area contributed by atoms with Crippen LogP contribution in [-0.4, -0.2) is 76.4 Å². The maximum atomic E-state index is 6.94. The third-order valence-corrected chi connectivity index (χ3v) is 9.08. The summed E-state index contributed by atoms with van der Waals surface area (Å²) in [5, 5.41) is 0. The van der Waals surface area contributed by atoms with Crippen molar-refractivity contribution < 1.29 is 28.4 Å². The fourth-order valence-corrected chi connectivity index (χ4v) is 6.54. The van der Waals surface area contributed by atoms with Gasteiger partial charge >= 0.3 is 0 Å². The van der Waals surface area contributed by atoms with Crippen LogP contribution < -0.4 is 4.74 Å². The van der Waals surface area contributed by atoms with E-state index < -0.39 is 0 Å². The first kappa shape index (κ1) is 34.4. The molecule has 234 valence electrons. The molecule has 2 unspecified atom stereocenters. The van der Waals surface area contributed by atoms with Gasteiger partial charge in [0, 0.05) is 37.1 Å². The van der Waals surface area contributed by atoms with E-state index in [4.69, 9.17) is 28.4 Å². The molecule has 2 heterocycles. The van der Waals surface area contributed by atoms with E-state index in [0.29, 0.717) is 32.3 Å². The fourth-order valence-electron chi connectivity index (χ4n) is 5.28. The summed E-state index contributed by atoms with van der Waals surface area (Å²) in [6.07, 6.45) is 10.9. The van der Waals surface area contributed by atoms with Gasteiger partial charge in [0.15, 0.2) is 0 Å². The fraction of sp³-hybridized carbons (Fsp3) is 0.765. The van der Waals surface area contributed by atoms with E-state index >= 15 is 0 Å². The second-order valence-electron chi connectivity index (χ2n) is 11.3. The topological polar surface area (TPSA) is 55.4 Å². The van der Waals surface area contributed by atoms with Crippen molar-refractivity contribution in [1.29, 1.82) is 0 Å². The van der Waals surface area contributed by atoms with Crippen LogP contribution in [0.5, 0.6) is 5.75 Å². The summed E-state index contributed by atoms with van der Waals surface area (Å²) in [5.74, 6) is 2.38. The lowest BCUT2D eigenvalue weighted by Gasteiger charge is -2.46. The molecule has 3 rings (SSSR count). The van der Waals surface area contributed by atoms with Crippen molar-refractivity contribution in [3.8, 4) is 5.75 Å². The van der Waals surface area contributed by atoms with E-state index in [0.717, 1.165) is 75.9 Å². The van der Waals surface area contributed by atoms with Gasteiger partial charge < -0.3 is 28.4 Å². The van der Waals surface area contributed by atoms with Crippen LogP contribution in [0.3, 0.4) is 0 Å². The van der Waals surface area contributed by atoms with Crippen LogP contribution in [-0.2, 0) is 30.1 Å². The largest absolute Gasteiger partial charge is 0.497 e. The SMILES string of the molecule is CCCCOCC1O[C@@H](C2=C[C@@H](Cc3ccc(OC)cc3)CS2)[C@H](OCCCC)C(OCCCC)[C@@H]1OCCCC. The number of thioether (sulfide) groups is 1. The summed E-state index contributed by atoms with van der Waals surface area (Å²) >= 11 is 1.91. The first-order valence-corrected chi connectivity index (χ1v) is 17.2. The summed E-state index contributed by atoms with van der Waals surface area (Å²) in [7, 11) is 1.71. The standard InChI is InChI=1S/C34H56O6S/c1-6-10-18-36-24-29-31(37-19-11-7-2)33(38-20-12-8-3)34(39-21-13-9-4)32(40-29)30-23-27(25-41-30)22-26-14-16-28(35-5)17-15-26/h14-17,23,27,29,31-34H,6-13,18-22,24-25H2,1-5H3/t27-,29?,31-,32+,33?,34+/m1/s1. The van der Waals surface area contributed by atoms with Crippen molar-refractivity contribution in [2.45, 2.75) is 116 Å². The summed E-state index contributed by atoms with van der Waals surface area (Å²) in [6, 6.07) is 8.43. The molecule has 1 aromatic carbocycles. The molecule has 0 aromatic heterocycles. The highest BCUT2D eigenvalue weighted by Crippen LogP contribution is 2.41. The minimum Gasteiger partial charge on any atom is -0.497 e. The van der Waals surface area contributed by atoms with Gasteiger partial charge in [-0.25, -0.2) is 0 Å². The molecule has 0 amide bonds. The zero-order chi connectivity index (χ0) is 29.3. The van der Waals surface area contributed by atoms with Gasteiger partial charge in [-0.2, -0.15) is 0 Å². The Kier molecular flexibility index (Phi) is 16.8. The Morgan fingerprint density at radius 1 is 0.756 bits per heavy atom. The lowest BCUT2D eigenvalue weighted by molar-refractivity contribution is -0.257. The van der Waals surface area contributed by atoms with Gasteiger partial charge in [-0.15, -0.1) is 11.8 Å². The van der Waals surface area contributed by atoms with E-state index in [1.54, 1.807) is 7.11 Å². The number of unbranched alkanes of at least 4 members (excludes halogenated alkanes) is 4. The molecule has 1 aromatic rings. The molecule has 1 saturated heterocycles. The quantitative estimate of drug-likeness (QED) is 0.136. The van der Waals surface area contributed by atoms with Gasteiger partial charge in [0.1, 0.15) is 36.3 Å². The Labute approximate surface area is 254 Å². The van der Waals surface area contributed by atoms with Crippen LogP contribution in [0.15, 0.2) is 35.2 Å². The Balaban J connectivity index is 1.85.